The van der Waals surface area contributed by atoms with Gasteiger partial charge in [-0.3, -0.25) is 0 Å². The molecule has 0 aliphatic carbocycles. The Bertz CT molecular complexity index is 395. The van der Waals surface area contributed by atoms with Crippen LogP contribution < -0.4 is 10.1 Å². The van der Waals surface area contributed by atoms with Gasteiger partial charge in [-0.15, -0.1) is 0 Å². The summed E-state index contributed by atoms with van der Waals surface area (Å²) in [6.45, 7) is 3.95. The van der Waals surface area contributed by atoms with Gasteiger partial charge in [0.1, 0.15) is 5.75 Å². The quantitative estimate of drug-likeness (QED) is 0.859. The SMILES string of the molecule is COc1cccc(C2(C3CCNC3)COC2)c1. The van der Waals surface area contributed by atoms with Crippen molar-refractivity contribution >= 4 is 0 Å². The standard InChI is InChI=1S/C14H19NO2/c1-16-13-4-2-3-11(7-13)14(9-17-10-14)12-5-6-15-8-12/h2-4,7,12,15H,5-6,8-10H2,1H3. The molecule has 1 unspecified atom stereocenters. The number of ether oxygens (including phenoxy) is 2. The van der Waals surface area contributed by atoms with E-state index in [1.54, 1.807) is 7.11 Å². The molecule has 2 aliphatic heterocycles. The molecule has 0 amide bonds. The van der Waals surface area contributed by atoms with Crippen molar-refractivity contribution in [2.75, 3.05) is 33.4 Å². The number of benzene rings is 1. The van der Waals surface area contributed by atoms with Crippen LogP contribution in [-0.2, 0) is 10.2 Å². The molecular formula is C14H19NO2. The maximum absolute atomic E-state index is 5.51. The first kappa shape index (κ1) is 11.1. The molecule has 0 spiro atoms. The fourth-order valence-electron chi connectivity index (χ4n) is 3.02. The third-order valence-electron chi connectivity index (χ3n) is 4.21. The van der Waals surface area contributed by atoms with E-state index in [-0.39, 0.29) is 5.41 Å². The molecule has 0 aromatic heterocycles. The largest absolute Gasteiger partial charge is 0.497 e. The van der Waals surface area contributed by atoms with Crippen LogP contribution in [0.25, 0.3) is 0 Å². The normalized spacial score (nSPS) is 26.5. The van der Waals surface area contributed by atoms with Crippen molar-refractivity contribution in [3.63, 3.8) is 0 Å². The highest BCUT2D eigenvalue weighted by Crippen LogP contribution is 2.42. The van der Waals surface area contributed by atoms with E-state index in [1.165, 1.54) is 12.0 Å². The molecule has 1 aromatic rings. The van der Waals surface area contributed by atoms with Gasteiger partial charge in [-0.25, -0.2) is 0 Å². The Morgan fingerprint density at radius 3 is 2.88 bits per heavy atom. The van der Waals surface area contributed by atoms with Gasteiger partial charge in [0.2, 0.25) is 0 Å². The first-order valence-electron chi connectivity index (χ1n) is 6.28. The van der Waals surface area contributed by atoms with Crippen LogP contribution in [0.1, 0.15) is 12.0 Å². The van der Waals surface area contributed by atoms with Crippen LogP contribution in [0.5, 0.6) is 5.75 Å². The van der Waals surface area contributed by atoms with E-state index in [9.17, 15) is 0 Å². The lowest BCUT2D eigenvalue weighted by Crippen LogP contribution is -2.53. The molecule has 3 heteroatoms. The van der Waals surface area contributed by atoms with Gasteiger partial charge in [0, 0.05) is 5.41 Å². The van der Waals surface area contributed by atoms with E-state index in [1.807, 2.05) is 6.07 Å². The fourth-order valence-corrected chi connectivity index (χ4v) is 3.02. The Balaban J connectivity index is 1.93. The zero-order valence-corrected chi connectivity index (χ0v) is 10.2. The van der Waals surface area contributed by atoms with Gasteiger partial charge in [0.15, 0.2) is 0 Å². The van der Waals surface area contributed by atoms with E-state index in [4.69, 9.17) is 9.47 Å². The Hall–Kier alpha value is -1.06. The van der Waals surface area contributed by atoms with Crippen molar-refractivity contribution in [1.29, 1.82) is 0 Å². The zero-order chi connectivity index (χ0) is 11.7. The molecular weight excluding hydrogens is 214 g/mol. The van der Waals surface area contributed by atoms with Crippen molar-refractivity contribution in [2.24, 2.45) is 5.92 Å². The minimum atomic E-state index is 0.220. The minimum Gasteiger partial charge on any atom is -0.497 e. The lowest BCUT2D eigenvalue weighted by molar-refractivity contribution is -0.0869. The average molecular weight is 233 g/mol. The van der Waals surface area contributed by atoms with Crippen molar-refractivity contribution in [3.8, 4) is 5.75 Å². The topological polar surface area (TPSA) is 30.5 Å². The summed E-state index contributed by atoms with van der Waals surface area (Å²) in [7, 11) is 1.72. The smallest absolute Gasteiger partial charge is 0.119 e. The molecule has 3 rings (SSSR count). The summed E-state index contributed by atoms with van der Waals surface area (Å²) >= 11 is 0. The highest BCUT2D eigenvalue weighted by molar-refractivity contribution is 5.36. The molecule has 1 aromatic carbocycles. The molecule has 0 radical (unpaired) electrons. The third kappa shape index (κ3) is 1.74. The van der Waals surface area contributed by atoms with Crippen LogP contribution in [0.4, 0.5) is 0 Å². The Kier molecular flexibility index (Phi) is 2.81. The number of nitrogens with one attached hydrogen (secondary N) is 1. The second-order valence-corrected chi connectivity index (χ2v) is 5.07. The van der Waals surface area contributed by atoms with Crippen molar-refractivity contribution < 1.29 is 9.47 Å². The van der Waals surface area contributed by atoms with Gasteiger partial charge < -0.3 is 14.8 Å². The molecule has 2 aliphatic rings. The molecule has 1 atom stereocenters. The Morgan fingerprint density at radius 1 is 1.41 bits per heavy atom. The maximum Gasteiger partial charge on any atom is 0.119 e. The van der Waals surface area contributed by atoms with Gasteiger partial charge in [0.05, 0.1) is 20.3 Å². The van der Waals surface area contributed by atoms with Gasteiger partial charge in [0.25, 0.3) is 0 Å². The Morgan fingerprint density at radius 2 is 2.29 bits per heavy atom. The van der Waals surface area contributed by atoms with E-state index >= 15 is 0 Å². The summed E-state index contributed by atoms with van der Waals surface area (Å²) in [5.74, 6) is 1.64. The van der Waals surface area contributed by atoms with Crippen LogP contribution in [0, 0.1) is 5.92 Å². The van der Waals surface area contributed by atoms with Gasteiger partial charge >= 0.3 is 0 Å². The molecule has 0 saturated carbocycles. The third-order valence-corrected chi connectivity index (χ3v) is 4.21. The molecule has 92 valence electrons. The number of rotatable bonds is 3. The van der Waals surface area contributed by atoms with E-state index in [0.29, 0.717) is 5.92 Å². The monoisotopic (exact) mass is 233 g/mol. The van der Waals surface area contributed by atoms with E-state index in [0.717, 1.165) is 32.1 Å². The van der Waals surface area contributed by atoms with Crippen LogP contribution in [0.2, 0.25) is 0 Å². The highest BCUT2D eigenvalue weighted by Gasteiger charge is 2.47. The fraction of sp³-hybridized carbons (Fsp3) is 0.571. The lowest BCUT2D eigenvalue weighted by Gasteiger charge is -2.46. The summed E-state index contributed by atoms with van der Waals surface area (Å²) in [6.07, 6.45) is 1.25. The molecule has 1 N–H and O–H groups in total. The second-order valence-electron chi connectivity index (χ2n) is 5.07. The van der Waals surface area contributed by atoms with Crippen molar-refractivity contribution in [2.45, 2.75) is 11.8 Å². The zero-order valence-electron chi connectivity index (χ0n) is 10.2. The van der Waals surface area contributed by atoms with Crippen molar-refractivity contribution in [1.82, 2.24) is 5.32 Å². The Labute approximate surface area is 102 Å². The second kappa shape index (κ2) is 4.31. The summed E-state index contributed by atoms with van der Waals surface area (Å²) in [6, 6.07) is 8.46. The van der Waals surface area contributed by atoms with Gasteiger partial charge in [-0.05, 0) is 43.1 Å². The number of hydrogen-bond acceptors (Lipinski definition) is 3. The van der Waals surface area contributed by atoms with Crippen LogP contribution in [0.3, 0.4) is 0 Å². The summed E-state index contributed by atoms with van der Waals surface area (Å²) in [4.78, 5) is 0. The molecule has 17 heavy (non-hydrogen) atoms. The minimum absolute atomic E-state index is 0.220. The predicted octanol–water partition coefficient (Wildman–Crippen LogP) is 1.57. The molecule has 3 nitrogen and oxygen atoms in total. The van der Waals surface area contributed by atoms with Crippen LogP contribution in [-0.4, -0.2) is 33.4 Å². The van der Waals surface area contributed by atoms with E-state index in [2.05, 4.69) is 23.5 Å². The molecule has 0 bridgehead atoms. The number of hydrogen-bond donors (Lipinski definition) is 1. The van der Waals surface area contributed by atoms with Crippen LogP contribution in [0.15, 0.2) is 24.3 Å². The highest BCUT2D eigenvalue weighted by atomic mass is 16.5. The molecule has 2 fully saturated rings. The summed E-state index contributed by atoms with van der Waals surface area (Å²) < 4.78 is 10.8. The first-order valence-corrected chi connectivity index (χ1v) is 6.28. The molecule has 2 saturated heterocycles. The van der Waals surface area contributed by atoms with E-state index < -0.39 is 0 Å². The summed E-state index contributed by atoms with van der Waals surface area (Å²) in [5, 5.41) is 3.46. The van der Waals surface area contributed by atoms with Gasteiger partial charge in [-0.1, -0.05) is 12.1 Å². The molecule has 2 heterocycles. The predicted molar refractivity (Wildman–Crippen MR) is 66.5 cm³/mol. The van der Waals surface area contributed by atoms with Gasteiger partial charge in [-0.2, -0.15) is 0 Å². The first-order chi connectivity index (χ1) is 8.35. The van der Waals surface area contributed by atoms with Crippen molar-refractivity contribution in [3.05, 3.63) is 29.8 Å². The summed E-state index contributed by atoms with van der Waals surface area (Å²) in [5.41, 5.74) is 1.59. The lowest BCUT2D eigenvalue weighted by atomic mass is 9.68. The average Bonchev–Trinajstić information content (AvgIpc) is 2.82. The van der Waals surface area contributed by atoms with Crippen LogP contribution >= 0.6 is 0 Å². The maximum atomic E-state index is 5.51. The number of methoxy groups -OCH3 is 1.